The van der Waals surface area contributed by atoms with Crippen molar-refractivity contribution in [2.45, 2.75) is 51.7 Å². The second kappa shape index (κ2) is 18.3. The lowest BCUT2D eigenvalue weighted by Gasteiger charge is -2.28. The number of nitrogens with one attached hydrogen (secondary N) is 4. The molecule has 304 valence electrons. The van der Waals surface area contributed by atoms with Gasteiger partial charge in [-0.1, -0.05) is 67.5 Å². The first kappa shape index (κ1) is 41.3. The predicted octanol–water partition coefficient (Wildman–Crippen LogP) is 3.40. The third-order valence-corrected chi connectivity index (χ3v) is 10.8. The van der Waals surface area contributed by atoms with Gasteiger partial charge in [0.15, 0.2) is 11.5 Å². The molecular weight excluding hydrogens is 763 g/mol. The van der Waals surface area contributed by atoms with Gasteiger partial charge in [0.2, 0.25) is 23.6 Å². The topological polar surface area (TPSA) is 203 Å². The van der Waals surface area contributed by atoms with E-state index in [1.807, 2.05) is 68.4 Å². The quantitative estimate of drug-likeness (QED) is 0.198. The van der Waals surface area contributed by atoms with Crippen LogP contribution < -0.4 is 16.0 Å². The number of amides is 6. The molecule has 6 amide bonds. The van der Waals surface area contributed by atoms with Crippen molar-refractivity contribution >= 4 is 57.7 Å². The van der Waals surface area contributed by atoms with Crippen molar-refractivity contribution in [3.63, 3.8) is 0 Å². The van der Waals surface area contributed by atoms with Gasteiger partial charge in [0.25, 0.3) is 11.8 Å². The summed E-state index contributed by atoms with van der Waals surface area (Å²) >= 11 is 1.19. The van der Waals surface area contributed by atoms with Gasteiger partial charge in [0, 0.05) is 67.7 Å². The minimum Gasteiger partial charge on any atom is -0.361 e. The fourth-order valence-corrected chi connectivity index (χ4v) is 7.62. The number of benzene rings is 2. The van der Waals surface area contributed by atoms with E-state index in [4.69, 9.17) is 4.52 Å². The van der Waals surface area contributed by atoms with Gasteiger partial charge in [-0.15, -0.1) is 11.3 Å². The van der Waals surface area contributed by atoms with Gasteiger partial charge in [0.05, 0.1) is 19.1 Å². The number of H-pyrrole nitrogens is 1. The molecule has 0 radical (unpaired) electrons. The summed E-state index contributed by atoms with van der Waals surface area (Å²) in [5.41, 5.74) is 2.39. The largest absolute Gasteiger partial charge is 0.361 e. The van der Waals surface area contributed by atoms with Crippen molar-refractivity contribution in [1.82, 2.24) is 45.8 Å². The van der Waals surface area contributed by atoms with Crippen LogP contribution in [0.3, 0.4) is 0 Å². The highest BCUT2D eigenvalue weighted by molar-refractivity contribution is 7.09. The molecule has 1 aliphatic heterocycles. The minimum atomic E-state index is -1.09. The van der Waals surface area contributed by atoms with Crippen LogP contribution in [0.5, 0.6) is 0 Å². The first-order valence-corrected chi connectivity index (χ1v) is 19.9. The van der Waals surface area contributed by atoms with Gasteiger partial charge in [-0.3, -0.25) is 28.8 Å². The summed E-state index contributed by atoms with van der Waals surface area (Å²) in [7, 11) is 2.98. The molecule has 0 aliphatic carbocycles. The first-order chi connectivity index (χ1) is 27.8. The van der Waals surface area contributed by atoms with E-state index >= 15 is 0 Å². The average molecular weight is 810 g/mol. The van der Waals surface area contributed by atoms with E-state index in [9.17, 15) is 28.8 Å². The third-order valence-electron chi connectivity index (χ3n) is 9.79. The fraction of sp³-hybridized carbons (Fsp3) is 0.366. The SMILES string of the molecule is CC(C)C[C@@H]1NC(=O)CN(C(=O)c2cc(-c3ccccc3)on2)CCN(C)C(=O)[C@H](C)NC(=O)CN(C)C(=O)[C@@H](Cc2c[nH]c3ccccc23)NC(=O)c2csc1n2. The molecule has 58 heavy (non-hydrogen) atoms. The third kappa shape index (κ3) is 9.95. The van der Waals surface area contributed by atoms with E-state index in [1.54, 1.807) is 11.6 Å². The van der Waals surface area contributed by atoms with Crippen LogP contribution >= 0.6 is 11.3 Å². The molecule has 6 rings (SSSR count). The van der Waals surface area contributed by atoms with Crippen molar-refractivity contribution in [2.75, 3.05) is 40.3 Å². The summed E-state index contributed by atoms with van der Waals surface area (Å²) in [6.45, 7) is 4.66. The molecule has 3 aromatic heterocycles. The number of nitrogens with zero attached hydrogens (tertiary/aromatic N) is 5. The lowest BCUT2D eigenvalue weighted by atomic mass is 10.0. The summed E-state index contributed by atoms with van der Waals surface area (Å²) in [4.78, 5) is 93.9. The van der Waals surface area contributed by atoms with Crippen LogP contribution in [0.1, 0.15) is 64.8 Å². The summed E-state index contributed by atoms with van der Waals surface area (Å²) in [5.74, 6) is -2.81. The highest BCUT2D eigenvalue weighted by atomic mass is 32.1. The number of rotatable bonds is 6. The highest BCUT2D eigenvalue weighted by Crippen LogP contribution is 2.26. The van der Waals surface area contributed by atoms with E-state index in [2.05, 4.69) is 31.1 Å². The zero-order valence-electron chi connectivity index (χ0n) is 33.0. The van der Waals surface area contributed by atoms with Crippen LogP contribution in [0.4, 0.5) is 0 Å². The molecular formula is C41H47N9O7S. The molecule has 2 bridgehead atoms. The van der Waals surface area contributed by atoms with E-state index in [0.717, 1.165) is 16.5 Å². The van der Waals surface area contributed by atoms with Crippen LogP contribution in [-0.4, -0.2) is 118 Å². The molecule has 1 aliphatic rings. The fourth-order valence-electron chi connectivity index (χ4n) is 6.76. The maximum absolute atomic E-state index is 14.0. The van der Waals surface area contributed by atoms with Crippen molar-refractivity contribution in [3.8, 4) is 11.3 Å². The maximum atomic E-state index is 14.0. The number of carbonyl (C=O) groups excluding carboxylic acids is 6. The molecule has 0 spiro atoms. The monoisotopic (exact) mass is 809 g/mol. The molecule has 4 heterocycles. The molecule has 3 atom stereocenters. The normalized spacial score (nSPS) is 19.5. The molecule has 0 fully saturated rings. The van der Waals surface area contributed by atoms with Crippen LogP contribution in [0, 0.1) is 5.92 Å². The zero-order valence-corrected chi connectivity index (χ0v) is 33.8. The number of carbonyl (C=O) groups is 6. The Kier molecular flexibility index (Phi) is 13.0. The summed E-state index contributed by atoms with van der Waals surface area (Å²) in [6, 6.07) is 15.5. The van der Waals surface area contributed by atoms with Crippen LogP contribution in [0.15, 0.2) is 76.8 Å². The number of hydrogen-bond acceptors (Lipinski definition) is 10. The molecule has 16 nitrogen and oxygen atoms in total. The number of aromatic nitrogens is 3. The van der Waals surface area contributed by atoms with Gasteiger partial charge in [-0.05, 0) is 30.9 Å². The number of thiazole rings is 1. The Morgan fingerprint density at radius 3 is 2.36 bits per heavy atom. The second-order valence-electron chi connectivity index (χ2n) is 14.8. The van der Waals surface area contributed by atoms with Crippen molar-refractivity contribution in [1.29, 1.82) is 0 Å². The average Bonchev–Trinajstić information content (AvgIpc) is 3.99. The Bertz CT molecular complexity index is 2280. The van der Waals surface area contributed by atoms with Gasteiger partial charge in [0.1, 0.15) is 22.8 Å². The lowest BCUT2D eigenvalue weighted by molar-refractivity contribution is -0.138. The van der Waals surface area contributed by atoms with Crippen LogP contribution in [-0.2, 0) is 25.6 Å². The minimum absolute atomic E-state index is 0.00834. The second-order valence-corrected chi connectivity index (χ2v) is 15.7. The van der Waals surface area contributed by atoms with Crippen molar-refractivity contribution < 1.29 is 33.3 Å². The summed E-state index contributed by atoms with van der Waals surface area (Å²) in [5, 5.41) is 15.4. The molecule has 17 heteroatoms. The molecule has 0 saturated heterocycles. The van der Waals surface area contributed by atoms with E-state index in [1.165, 1.54) is 53.1 Å². The molecule has 0 unspecified atom stereocenters. The summed E-state index contributed by atoms with van der Waals surface area (Å²) < 4.78 is 5.48. The van der Waals surface area contributed by atoms with E-state index < -0.39 is 66.7 Å². The van der Waals surface area contributed by atoms with Gasteiger partial charge in [-0.25, -0.2) is 4.98 Å². The van der Waals surface area contributed by atoms with Crippen LogP contribution in [0.25, 0.3) is 22.2 Å². The number of fused-ring (bicyclic) bond motifs is 3. The molecule has 0 saturated carbocycles. The highest BCUT2D eigenvalue weighted by Gasteiger charge is 2.31. The number of aromatic amines is 1. The van der Waals surface area contributed by atoms with E-state index in [-0.39, 0.29) is 36.8 Å². The Morgan fingerprint density at radius 2 is 1.60 bits per heavy atom. The Hall–Kier alpha value is -6.36. The Balaban J connectivity index is 1.30. The molecule has 2 aromatic carbocycles. The summed E-state index contributed by atoms with van der Waals surface area (Å²) in [6.07, 6.45) is 2.36. The van der Waals surface area contributed by atoms with Gasteiger partial charge < -0.3 is 40.2 Å². The molecule has 5 aromatic rings. The van der Waals surface area contributed by atoms with Crippen molar-refractivity contribution in [2.24, 2.45) is 5.92 Å². The first-order valence-electron chi connectivity index (χ1n) is 19.0. The number of hydrogen-bond donors (Lipinski definition) is 4. The predicted molar refractivity (Wildman–Crippen MR) is 216 cm³/mol. The molecule has 4 N–H and O–H groups in total. The number of likely N-dealkylation sites (N-methyl/N-ethyl adjacent to an activating group) is 2. The van der Waals surface area contributed by atoms with Gasteiger partial charge >= 0.3 is 0 Å². The standard InChI is InChI=1S/C41H47N9O7S/c1-24(2)17-30-38-46-33(23-58-38)37(53)45-31(18-27-20-42-29-14-10-9-13-28(27)29)40(55)49(5)21-35(51)43-25(3)39(54)48(4)15-16-50(22-36(52)44-30)41(56)32-19-34(57-47-32)26-11-7-6-8-12-26/h6-14,19-20,23-25,30-31,42H,15-18,21-22H2,1-5H3,(H,43,51)(H,44,52)(H,45,53)/t25-,30-,31+/m0/s1. The Labute approximate surface area is 339 Å². The van der Waals surface area contributed by atoms with Gasteiger partial charge in [-0.2, -0.15) is 0 Å². The maximum Gasteiger partial charge on any atom is 0.276 e. The number of para-hydroxylation sites is 1. The smallest absolute Gasteiger partial charge is 0.276 e. The van der Waals surface area contributed by atoms with Crippen LogP contribution in [0.2, 0.25) is 0 Å². The lowest BCUT2D eigenvalue weighted by Crippen LogP contribution is -2.53. The zero-order chi connectivity index (χ0) is 41.5. The van der Waals surface area contributed by atoms with Crippen molar-refractivity contribution in [3.05, 3.63) is 94.2 Å². The Morgan fingerprint density at radius 1 is 0.879 bits per heavy atom. The van der Waals surface area contributed by atoms with E-state index in [0.29, 0.717) is 22.8 Å².